The van der Waals surface area contributed by atoms with Crippen molar-refractivity contribution < 1.29 is 13.9 Å². The van der Waals surface area contributed by atoms with Crippen molar-refractivity contribution in [1.29, 1.82) is 0 Å². The molecule has 1 fully saturated rings. The van der Waals surface area contributed by atoms with Gasteiger partial charge in [0.05, 0.1) is 17.2 Å². The number of benzene rings is 1. The number of halogens is 1. The van der Waals surface area contributed by atoms with E-state index in [1.165, 1.54) is 34.4 Å². The SMILES string of the molecule is C[C@@H]1C[C@@H](C)CN([C@H](c2ccc(F)cc2)c2sc3nc(-c4ccco4)nn3c2O)C1. The van der Waals surface area contributed by atoms with E-state index in [1.807, 2.05) is 0 Å². The molecule has 30 heavy (non-hydrogen) atoms. The Morgan fingerprint density at radius 3 is 2.53 bits per heavy atom. The summed E-state index contributed by atoms with van der Waals surface area (Å²) in [5, 5.41) is 15.5. The van der Waals surface area contributed by atoms with Gasteiger partial charge in [-0.2, -0.15) is 9.50 Å². The Morgan fingerprint density at radius 2 is 1.90 bits per heavy atom. The molecule has 8 heteroatoms. The Morgan fingerprint density at radius 1 is 1.17 bits per heavy atom. The highest BCUT2D eigenvalue weighted by Crippen LogP contribution is 2.42. The molecule has 0 bridgehead atoms. The van der Waals surface area contributed by atoms with Crippen molar-refractivity contribution in [3.8, 4) is 17.5 Å². The normalized spacial score (nSPS) is 21.3. The van der Waals surface area contributed by atoms with Crippen LogP contribution in [0.1, 0.15) is 36.8 Å². The molecule has 1 aromatic carbocycles. The zero-order valence-electron chi connectivity index (χ0n) is 16.8. The molecule has 0 amide bonds. The summed E-state index contributed by atoms with van der Waals surface area (Å²) in [7, 11) is 0. The second-order valence-electron chi connectivity index (χ2n) is 8.25. The number of fused-ring (bicyclic) bond motifs is 1. The van der Waals surface area contributed by atoms with Gasteiger partial charge >= 0.3 is 0 Å². The zero-order chi connectivity index (χ0) is 20.8. The number of nitrogens with zero attached hydrogens (tertiary/aromatic N) is 4. The molecule has 156 valence electrons. The van der Waals surface area contributed by atoms with Gasteiger partial charge in [-0.05, 0) is 48.1 Å². The minimum absolute atomic E-state index is 0.0699. The summed E-state index contributed by atoms with van der Waals surface area (Å²) in [6, 6.07) is 9.93. The molecule has 0 spiro atoms. The molecular formula is C22H23FN4O2S. The van der Waals surface area contributed by atoms with E-state index in [0.717, 1.165) is 23.5 Å². The maximum absolute atomic E-state index is 13.6. The summed E-state index contributed by atoms with van der Waals surface area (Å²) in [6.45, 7) is 6.33. The van der Waals surface area contributed by atoms with Gasteiger partial charge in [0.15, 0.2) is 5.76 Å². The molecule has 1 N–H and O–H groups in total. The lowest BCUT2D eigenvalue weighted by atomic mass is 9.89. The molecule has 4 heterocycles. The van der Waals surface area contributed by atoms with Crippen LogP contribution in [-0.2, 0) is 0 Å². The summed E-state index contributed by atoms with van der Waals surface area (Å²) in [6.07, 6.45) is 2.75. The number of hydrogen-bond acceptors (Lipinski definition) is 6. The van der Waals surface area contributed by atoms with Crippen LogP contribution >= 0.6 is 11.3 Å². The average molecular weight is 427 g/mol. The number of thiazole rings is 1. The predicted molar refractivity (Wildman–Crippen MR) is 113 cm³/mol. The highest BCUT2D eigenvalue weighted by molar-refractivity contribution is 7.17. The van der Waals surface area contributed by atoms with Crippen LogP contribution in [0.25, 0.3) is 16.5 Å². The van der Waals surface area contributed by atoms with Crippen molar-refractivity contribution in [2.75, 3.05) is 13.1 Å². The number of furan rings is 1. The zero-order valence-corrected chi connectivity index (χ0v) is 17.6. The van der Waals surface area contributed by atoms with Crippen LogP contribution in [0.2, 0.25) is 0 Å². The quantitative estimate of drug-likeness (QED) is 0.499. The van der Waals surface area contributed by atoms with E-state index in [4.69, 9.17) is 4.42 Å². The molecule has 1 saturated heterocycles. The first-order valence-electron chi connectivity index (χ1n) is 10.1. The number of aromatic nitrogens is 3. The van der Waals surface area contributed by atoms with Gasteiger partial charge < -0.3 is 9.52 Å². The number of aromatic hydroxyl groups is 1. The van der Waals surface area contributed by atoms with Gasteiger partial charge in [-0.3, -0.25) is 4.90 Å². The molecule has 4 aromatic rings. The van der Waals surface area contributed by atoms with Crippen molar-refractivity contribution in [3.05, 3.63) is 58.9 Å². The second-order valence-corrected chi connectivity index (χ2v) is 9.26. The minimum Gasteiger partial charge on any atom is -0.492 e. The van der Waals surface area contributed by atoms with Crippen LogP contribution < -0.4 is 0 Å². The summed E-state index contributed by atoms with van der Waals surface area (Å²) in [5.74, 6) is 1.89. The fourth-order valence-electron chi connectivity index (χ4n) is 4.53. The van der Waals surface area contributed by atoms with Crippen LogP contribution in [0.3, 0.4) is 0 Å². The predicted octanol–water partition coefficient (Wildman–Crippen LogP) is 4.96. The van der Waals surface area contributed by atoms with Gasteiger partial charge in [0.2, 0.25) is 16.7 Å². The summed E-state index contributed by atoms with van der Waals surface area (Å²) in [4.78, 5) is 8.28. The van der Waals surface area contributed by atoms with Crippen molar-refractivity contribution in [2.24, 2.45) is 11.8 Å². The topological polar surface area (TPSA) is 66.8 Å². The molecule has 0 saturated carbocycles. The third-order valence-electron chi connectivity index (χ3n) is 5.64. The van der Waals surface area contributed by atoms with E-state index in [-0.39, 0.29) is 17.7 Å². The van der Waals surface area contributed by atoms with Crippen LogP contribution in [0.15, 0.2) is 47.1 Å². The lowest BCUT2D eigenvalue weighted by Crippen LogP contribution is -2.41. The van der Waals surface area contributed by atoms with Gasteiger partial charge in [0.25, 0.3) is 0 Å². The molecule has 6 nitrogen and oxygen atoms in total. The fourth-order valence-corrected chi connectivity index (χ4v) is 5.65. The van der Waals surface area contributed by atoms with Crippen LogP contribution in [-0.4, -0.2) is 37.7 Å². The van der Waals surface area contributed by atoms with Crippen molar-refractivity contribution in [2.45, 2.75) is 26.3 Å². The second kappa shape index (κ2) is 7.52. The minimum atomic E-state index is -0.271. The van der Waals surface area contributed by atoms with Crippen LogP contribution in [0.4, 0.5) is 4.39 Å². The first-order valence-corrected chi connectivity index (χ1v) is 10.9. The number of rotatable bonds is 4. The number of piperidine rings is 1. The van der Waals surface area contributed by atoms with E-state index in [1.54, 1.807) is 30.5 Å². The maximum atomic E-state index is 13.6. The molecular weight excluding hydrogens is 403 g/mol. The van der Waals surface area contributed by atoms with E-state index in [0.29, 0.717) is 28.4 Å². The highest BCUT2D eigenvalue weighted by atomic mass is 32.1. The molecule has 0 radical (unpaired) electrons. The van der Waals surface area contributed by atoms with Gasteiger partial charge in [-0.25, -0.2) is 4.39 Å². The number of hydrogen-bond donors (Lipinski definition) is 1. The Kier molecular flexibility index (Phi) is 4.83. The Labute approximate surface area is 177 Å². The van der Waals surface area contributed by atoms with E-state index < -0.39 is 0 Å². The van der Waals surface area contributed by atoms with E-state index in [2.05, 4.69) is 28.8 Å². The molecule has 1 aliphatic heterocycles. The maximum Gasteiger partial charge on any atom is 0.230 e. The van der Waals surface area contributed by atoms with Crippen LogP contribution in [0.5, 0.6) is 5.88 Å². The van der Waals surface area contributed by atoms with Crippen molar-refractivity contribution in [1.82, 2.24) is 19.5 Å². The first-order chi connectivity index (χ1) is 14.5. The fraction of sp³-hybridized carbons (Fsp3) is 0.364. The lowest BCUT2D eigenvalue weighted by molar-refractivity contribution is 0.112. The Bertz CT molecular complexity index is 1140. The third-order valence-corrected chi connectivity index (χ3v) is 6.71. The lowest BCUT2D eigenvalue weighted by Gasteiger charge is -2.40. The molecule has 0 unspecified atom stereocenters. The average Bonchev–Trinajstić information content (AvgIpc) is 3.42. The monoisotopic (exact) mass is 426 g/mol. The smallest absolute Gasteiger partial charge is 0.230 e. The highest BCUT2D eigenvalue weighted by Gasteiger charge is 2.33. The van der Waals surface area contributed by atoms with Gasteiger partial charge in [-0.15, -0.1) is 5.10 Å². The van der Waals surface area contributed by atoms with Crippen molar-refractivity contribution >= 4 is 16.3 Å². The molecule has 3 aromatic heterocycles. The van der Waals surface area contributed by atoms with E-state index >= 15 is 0 Å². The van der Waals surface area contributed by atoms with Crippen molar-refractivity contribution in [3.63, 3.8) is 0 Å². The van der Waals surface area contributed by atoms with Gasteiger partial charge in [-0.1, -0.05) is 37.3 Å². The molecule has 0 aliphatic carbocycles. The van der Waals surface area contributed by atoms with Gasteiger partial charge in [0, 0.05) is 13.1 Å². The largest absolute Gasteiger partial charge is 0.492 e. The Hall–Kier alpha value is -2.71. The summed E-state index contributed by atoms with van der Waals surface area (Å²) < 4.78 is 20.4. The molecule has 3 atom stereocenters. The molecule has 5 rings (SSSR count). The first kappa shape index (κ1) is 19.3. The molecule has 1 aliphatic rings. The number of likely N-dealkylation sites (tertiary alicyclic amines) is 1. The summed E-state index contributed by atoms with van der Waals surface area (Å²) in [5.41, 5.74) is 0.948. The Balaban J connectivity index is 1.60. The van der Waals surface area contributed by atoms with Gasteiger partial charge in [0.1, 0.15) is 5.82 Å². The third kappa shape index (κ3) is 3.40. The standard InChI is InChI=1S/C22H23FN4O2S/c1-13-10-14(2)12-26(11-13)18(15-5-7-16(23)8-6-15)19-21(28)27-22(30-19)24-20(25-27)17-4-3-9-29-17/h3-9,13-14,18,28H,10-12H2,1-2H3/t13-,14-,18-/m1/s1. The van der Waals surface area contributed by atoms with Crippen LogP contribution in [0, 0.1) is 17.7 Å². The van der Waals surface area contributed by atoms with E-state index in [9.17, 15) is 9.50 Å². The summed E-state index contributed by atoms with van der Waals surface area (Å²) >= 11 is 1.41.